The number of hydrogen-bond donors (Lipinski definition) is 0. The van der Waals surface area contributed by atoms with E-state index < -0.39 is 0 Å². The van der Waals surface area contributed by atoms with Gasteiger partial charge in [0.25, 0.3) is 0 Å². The van der Waals surface area contributed by atoms with E-state index in [9.17, 15) is 0 Å². The quantitative estimate of drug-likeness (QED) is 0.757. The first kappa shape index (κ1) is 9.66. The lowest BCUT2D eigenvalue weighted by Gasteiger charge is -2.40. The van der Waals surface area contributed by atoms with Crippen LogP contribution < -0.4 is 0 Å². The number of halogens is 1. The van der Waals surface area contributed by atoms with Crippen LogP contribution in [0.25, 0.3) is 0 Å². The van der Waals surface area contributed by atoms with Gasteiger partial charge in [0.15, 0.2) is 0 Å². The van der Waals surface area contributed by atoms with Gasteiger partial charge in [-0.1, -0.05) is 22.4 Å². The molecule has 1 aliphatic carbocycles. The molecular formula is C10H14BrNS. The molecule has 1 nitrogen and oxygen atoms in total. The number of hydrogen-bond acceptors (Lipinski definition) is 2. The molecule has 1 aromatic heterocycles. The predicted molar refractivity (Wildman–Crippen MR) is 60.6 cm³/mol. The molecule has 0 unspecified atom stereocenters. The Morgan fingerprint density at radius 1 is 1.62 bits per heavy atom. The zero-order chi connectivity index (χ0) is 9.31. The van der Waals surface area contributed by atoms with E-state index >= 15 is 0 Å². The summed E-state index contributed by atoms with van der Waals surface area (Å²) in [4.78, 5) is 5.75. The fourth-order valence-corrected chi connectivity index (χ4v) is 3.62. The molecule has 0 spiro atoms. The van der Waals surface area contributed by atoms with Crippen LogP contribution in [-0.4, -0.2) is 10.3 Å². The average Bonchev–Trinajstić information content (AvgIpc) is 2.44. The average molecular weight is 260 g/mol. The number of nitrogens with zero attached hydrogens (tertiary/aromatic N) is 1. The summed E-state index contributed by atoms with van der Waals surface area (Å²) in [6.45, 7) is 2.08. The molecule has 0 bridgehead atoms. The summed E-state index contributed by atoms with van der Waals surface area (Å²) in [5.74, 6) is 0. The Hall–Kier alpha value is 0.110. The fourth-order valence-electron chi connectivity index (χ4n) is 1.89. The monoisotopic (exact) mass is 259 g/mol. The third-order valence-electron chi connectivity index (χ3n) is 2.92. The van der Waals surface area contributed by atoms with Gasteiger partial charge in [-0.3, -0.25) is 0 Å². The normalized spacial score (nSPS) is 19.8. The smallest absolute Gasteiger partial charge is 0.0896 e. The van der Waals surface area contributed by atoms with Crippen LogP contribution >= 0.6 is 27.3 Å². The van der Waals surface area contributed by atoms with Crippen molar-refractivity contribution in [3.63, 3.8) is 0 Å². The van der Waals surface area contributed by atoms with E-state index in [4.69, 9.17) is 0 Å². The molecule has 2 rings (SSSR count). The highest BCUT2D eigenvalue weighted by Crippen LogP contribution is 2.45. The maximum atomic E-state index is 4.30. The Bertz CT molecular complexity index is 285. The van der Waals surface area contributed by atoms with Crippen molar-refractivity contribution in [1.82, 2.24) is 4.98 Å². The summed E-state index contributed by atoms with van der Waals surface area (Å²) in [5, 5.41) is 2.34. The molecule has 0 N–H and O–H groups in total. The number of alkyl halides is 1. The molecule has 0 amide bonds. The minimum absolute atomic E-state index is 0.568. The molecule has 72 valence electrons. The Kier molecular flexibility index (Phi) is 2.75. The van der Waals surface area contributed by atoms with E-state index in [1.54, 1.807) is 0 Å². The van der Waals surface area contributed by atoms with Crippen LogP contribution in [0.1, 0.15) is 29.1 Å². The predicted octanol–water partition coefficient (Wildman–Crippen LogP) is 3.56. The maximum Gasteiger partial charge on any atom is 0.0896 e. The standard InChI is InChI=1S/C10H14BrNS/c1-8-12-6-9(13-8)5-10(7-11)3-2-4-10/h6H,2-5,7H2,1H3. The van der Waals surface area contributed by atoms with Crippen LogP contribution in [0.15, 0.2) is 6.20 Å². The summed E-state index contributed by atoms with van der Waals surface area (Å²) < 4.78 is 0. The van der Waals surface area contributed by atoms with Gasteiger partial charge in [0.05, 0.1) is 5.01 Å². The van der Waals surface area contributed by atoms with Crippen molar-refractivity contribution >= 4 is 27.3 Å². The molecule has 0 aromatic carbocycles. The first-order valence-electron chi connectivity index (χ1n) is 4.71. The maximum absolute atomic E-state index is 4.30. The van der Waals surface area contributed by atoms with Gasteiger partial charge in [0.1, 0.15) is 0 Å². The second-order valence-corrected chi connectivity index (χ2v) is 5.89. The fraction of sp³-hybridized carbons (Fsp3) is 0.700. The molecule has 1 fully saturated rings. The highest BCUT2D eigenvalue weighted by Gasteiger charge is 2.36. The number of rotatable bonds is 3. The molecule has 0 radical (unpaired) electrons. The lowest BCUT2D eigenvalue weighted by molar-refractivity contribution is 0.171. The van der Waals surface area contributed by atoms with Crippen LogP contribution in [-0.2, 0) is 6.42 Å². The van der Waals surface area contributed by atoms with Crippen LogP contribution in [0.5, 0.6) is 0 Å². The van der Waals surface area contributed by atoms with Crippen molar-refractivity contribution in [1.29, 1.82) is 0 Å². The second-order valence-electron chi connectivity index (χ2n) is 4.01. The highest BCUT2D eigenvalue weighted by molar-refractivity contribution is 9.09. The first-order chi connectivity index (χ1) is 6.24. The van der Waals surface area contributed by atoms with Crippen LogP contribution in [0, 0.1) is 12.3 Å². The van der Waals surface area contributed by atoms with Crippen LogP contribution in [0.4, 0.5) is 0 Å². The van der Waals surface area contributed by atoms with Gasteiger partial charge in [-0.05, 0) is 31.6 Å². The third-order valence-corrected chi connectivity index (χ3v) is 5.02. The topological polar surface area (TPSA) is 12.9 Å². The van der Waals surface area contributed by atoms with Crippen molar-refractivity contribution in [2.45, 2.75) is 32.6 Å². The third kappa shape index (κ3) is 1.96. The van der Waals surface area contributed by atoms with Crippen LogP contribution in [0.2, 0.25) is 0 Å². The zero-order valence-electron chi connectivity index (χ0n) is 7.85. The van der Waals surface area contributed by atoms with Crippen molar-refractivity contribution in [2.24, 2.45) is 5.41 Å². The van der Waals surface area contributed by atoms with Gasteiger partial charge in [-0.25, -0.2) is 4.98 Å². The van der Waals surface area contributed by atoms with Gasteiger partial charge >= 0.3 is 0 Å². The Labute approximate surface area is 91.7 Å². The van der Waals surface area contributed by atoms with E-state index in [0.29, 0.717) is 5.41 Å². The van der Waals surface area contributed by atoms with Gasteiger partial charge in [-0.15, -0.1) is 11.3 Å². The second kappa shape index (κ2) is 3.70. The molecule has 1 saturated carbocycles. The number of aryl methyl sites for hydroxylation is 1. The summed E-state index contributed by atoms with van der Waals surface area (Å²) in [7, 11) is 0. The molecular weight excluding hydrogens is 246 g/mol. The van der Waals surface area contributed by atoms with E-state index in [2.05, 4.69) is 27.8 Å². The number of aromatic nitrogens is 1. The van der Waals surface area contributed by atoms with Crippen molar-refractivity contribution in [3.8, 4) is 0 Å². The molecule has 1 heterocycles. The summed E-state index contributed by atoms with van der Waals surface area (Å²) >= 11 is 5.48. The molecule has 1 aliphatic rings. The molecule has 0 aliphatic heterocycles. The number of thiazole rings is 1. The van der Waals surface area contributed by atoms with E-state index in [1.165, 1.54) is 35.6 Å². The van der Waals surface area contributed by atoms with Crippen molar-refractivity contribution < 1.29 is 0 Å². The molecule has 1 aromatic rings. The van der Waals surface area contributed by atoms with Gasteiger partial charge in [-0.2, -0.15) is 0 Å². The molecule has 3 heteroatoms. The Morgan fingerprint density at radius 3 is 2.77 bits per heavy atom. The minimum atomic E-state index is 0.568. The van der Waals surface area contributed by atoms with Crippen molar-refractivity contribution in [3.05, 3.63) is 16.1 Å². The summed E-state index contributed by atoms with van der Waals surface area (Å²) in [6.07, 6.45) is 7.44. The van der Waals surface area contributed by atoms with Crippen LogP contribution in [0.3, 0.4) is 0 Å². The summed E-state index contributed by atoms with van der Waals surface area (Å²) in [6, 6.07) is 0. The SMILES string of the molecule is Cc1ncc(CC2(CBr)CCC2)s1. The lowest BCUT2D eigenvalue weighted by atomic mass is 9.68. The van der Waals surface area contributed by atoms with E-state index in [1.807, 2.05) is 17.5 Å². The van der Waals surface area contributed by atoms with E-state index in [0.717, 1.165) is 5.33 Å². The Balaban J connectivity index is 2.04. The molecule has 0 atom stereocenters. The van der Waals surface area contributed by atoms with Gasteiger partial charge < -0.3 is 0 Å². The van der Waals surface area contributed by atoms with E-state index in [-0.39, 0.29) is 0 Å². The Morgan fingerprint density at radius 2 is 2.38 bits per heavy atom. The van der Waals surface area contributed by atoms with Crippen molar-refractivity contribution in [2.75, 3.05) is 5.33 Å². The minimum Gasteiger partial charge on any atom is -0.250 e. The highest BCUT2D eigenvalue weighted by atomic mass is 79.9. The molecule has 0 saturated heterocycles. The molecule has 13 heavy (non-hydrogen) atoms. The van der Waals surface area contributed by atoms with Gasteiger partial charge in [0, 0.05) is 16.4 Å². The summed E-state index contributed by atoms with van der Waals surface area (Å²) in [5.41, 5.74) is 0.568. The zero-order valence-corrected chi connectivity index (χ0v) is 10.2. The largest absolute Gasteiger partial charge is 0.250 e. The lowest BCUT2D eigenvalue weighted by Crippen LogP contribution is -2.33. The first-order valence-corrected chi connectivity index (χ1v) is 6.65. The van der Waals surface area contributed by atoms with Gasteiger partial charge in [0.2, 0.25) is 0 Å².